The first-order valence-corrected chi connectivity index (χ1v) is 7.32. The van der Waals surface area contributed by atoms with Crippen LogP contribution in [-0.2, 0) is 6.61 Å². The molecule has 0 saturated heterocycles. The van der Waals surface area contributed by atoms with Crippen molar-refractivity contribution >= 4 is 22.5 Å². The zero-order chi connectivity index (χ0) is 17.3. The van der Waals surface area contributed by atoms with E-state index in [0.717, 1.165) is 0 Å². The molecule has 1 aromatic heterocycles. The maximum absolute atomic E-state index is 13.6. The standard InChI is InChI=1S/C18H16FN3O2/c1-10-6-12(19)7-11(16(10)20)9-24-17-13-4-2-3-5-15(13)22-8-14(17)18(21)23/h2-8H,9,20H2,1H3,(H2,21,23). The molecule has 0 aliphatic heterocycles. The third-order valence-electron chi connectivity index (χ3n) is 3.80. The lowest BCUT2D eigenvalue weighted by molar-refractivity contribution is 0.0996. The van der Waals surface area contributed by atoms with Crippen LogP contribution in [0.15, 0.2) is 42.6 Å². The number of nitrogen functional groups attached to an aromatic ring is 1. The van der Waals surface area contributed by atoms with Crippen molar-refractivity contribution in [2.24, 2.45) is 5.73 Å². The number of rotatable bonds is 4. The van der Waals surface area contributed by atoms with E-state index in [0.29, 0.717) is 33.5 Å². The number of aromatic nitrogens is 1. The maximum atomic E-state index is 13.6. The zero-order valence-corrected chi connectivity index (χ0v) is 13.0. The second-order valence-electron chi connectivity index (χ2n) is 5.47. The molecule has 0 atom stereocenters. The van der Waals surface area contributed by atoms with Crippen LogP contribution < -0.4 is 16.2 Å². The Bertz CT molecular complexity index is 941. The second kappa shape index (κ2) is 6.16. The Kier molecular flexibility index (Phi) is 4.04. The van der Waals surface area contributed by atoms with Crippen LogP contribution >= 0.6 is 0 Å². The van der Waals surface area contributed by atoms with E-state index >= 15 is 0 Å². The van der Waals surface area contributed by atoms with Crippen LogP contribution in [0.1, 0.15) is 21.5 Å². The number of halogens is 1. The number of carbonyl (C=O) groups is 1. The molecule has 0 fully saturated rings. The molecule has 0 saturated carbocycles. The largest absolute Gasteiger partial charge is 0.487 e. The number of para-hydroxylation sites is 1. The fourth-order valence-corrected chi connectivity index (χ4v) is 2.54. The molecule has 24 heavy (non-hydrogen) atoms. The van der Waals surface area contributed by atoms with Gasteiger partial charge in [0.15, 0.2) is 0 Å². The molecule has 3 aromatic rings. The van der Waals surface area contributed by atoms with Crippen LogP contribution in [0.5, 0.6) is 5.75 Å². The zero-order valence-electron chi connectivity index (χ0n) is 13.0. The van der Waals surface area contributed by atoms with Gasteiger partial charge in [-0.2, -0.15) is 0 Å². The fourth-order valence-electron chi connectivity index (χ4n) is 2.54. The number of carbonyl (C=O) groups excluding carboxylic acids is 1. The number of pyridine rings is 1. The van der Waals surface area contributed by atoms with E-state index in [-0.39, 0.29) is 12.2 Å². The van der Waals surface area contributed by atoms with Crippen LogP contribution in [0.3, 0.4) is 0 Å². The van der Waals surface area contributed by atoms with Crippen LogP contribution in [0.2, 0.25) is 0 Å². The van der Waals surface area contributed by atoms with Gasteiger partial charge in [0.25, 0.3) is 5.91 Å². The van der Waals surface area contributed by atoms with Crippen molar-refractivity contribution in [1.82, 2.24) is 4.98 Å². The number of nitrogens with two attached hydrogens (primary N) is 2. The number of hydrogen-bond acceptors (Lipinski definition) is 4. The number of hydrogen-bond donors (Lipinski definition) is 2. The molecule has 3 rings (SSSR count). The lowest BCUT2D eigenvalue weighted by atomic mass is 10.1. The lowest BCUT2D eigenvalue weighted by Crippen LogP contribution is -2.14. The molecule has 4 N–H and O–H groups in total. The van der Waals surface area contributed by atoms with Crippen molar-refractivity contribution in [3.8, 4) is 5.75 Å². The van der Waals surface area contributed by atoms with E-state index in [1.54, 1.807) is 19.1 Å². The summed E-state index contributed by atoms with van der Waals surface area (Å²) < 4.78 is 19.4. The Balaban J connectivity index is 2.04. The third-order valence-corrected chi connectivity index (χ3v) is 3.80. The van der Waals surface area contributed by atoms with Gasteiger partial charge in [-0.25, -0.2) is 4.39 Å². The highest BCUT2D eigenvalue weighted by Crippen LogP contribution is 2.30. The monoisotopic (exact) mass is 325 g/mol. The molecular weight excluding hydrogens is 309 g/mol. The Labute approximate surface area is 138 Å². The molecular formula is C18H16FN3O2. The van der Waals surface area contributed by atoms with E-state index in [2.05, 4.69) is 4.98 Å². The Hall–Kier alpha value is -3.15. The fraction of sp³-hybridized carbons (Fsp3) is 0.111. The van der Waals surface area contributed by atoms with Crippen molar-refractivity contribution in [1.29, 1.82) is 0 Å². The van der Waals surface area contributed by atoms with Gasteiger partial charge in [-0.05, 0) is 36.8 Å². The summed E-state index contributed by atoms with van der Waals surface area (Å²) in [5.41, 5.74) is 13.8. The summed E-state index contributed by atoms with van der Waals surface area (Å²) in [4.78, 5) is 15.9. The molecule has 0 bridgehead atoms. The van der Waals surface area contributed by atoms with Crippen molar-refractivity contribution in [3.05, 3.63) is 65.1 Å². The number of nitrogens with zero attached hydrogens (tertiary/aromatic N) is 1. The average molecular weight is 325 g/mol. The van der Waals surface area contributed by atoms with E-state index in [9.17, 15) is 9.18 Å². The van der Waals surface area contributed by atoms with Gasteiger partial charge in [0.2, 0.25) is 0 Å². The first kappa shape index (κ1) is 15.7. The predicted octanol–water partition coefficient (Wildman–Crippen LogP) is 2.94. The third kappa shape index (κ3) is 2.86. The second-order valence-corrected chi connectivity index (χ2v) is 5.47. The summed E-state index contributed by atoms with van der Waals surface area (Å²) in [6, 6.07) is 9.89. The van der Waals surface area contributed by atoms with E-state index in [1.807, 2.05) is 12.1 Å². The van der Waals surface area contributed by atoms with Crippen molar-refractivity contribution in [3.63, 3.8) is 0 Å². The van der Waals surface area contributed by atoms with Gasteiger partial charge in [0, 0.05) is 22.8 Å². The number of ether oxygens (including phenoxy) is 1. The summed E-state index contributed by atoms with van der Waals surface area (Å²) in [5.74, 6) is -0.726. The van der Waals surface area contributed by atoms with Crippen molar-refractivity contribution in [2.75, 3.05) is 5.73 Å². The molecule has 2 aromatic carbocycles. The molecule has 122 valence electrons. The quantitative estimate of drug-likeness (QED) is 0.722. The molecule has 5 nitrogen and oxygen atoms in total. The van der Waals surface area contributed by atoms with Gasteiger partial charge in [-0.3, -0.25) is 9.78 Å². The first-order chi connectivity index (χ1) is 11.5. The summed E-state index contributed by atoms with van der Waals surface area (Å²) in [6.45, 7) is 1.73. The van der Waals surface area contributed by atoms with Crippen LogP contribution in [-0.4, -0.2) is 10.9 Å². The first-order valence-electron chi connectivity index (χ1n) is 7.32. The van der Waals surface area contributed by atoms with Gasteiger partial charge in [0.05, 0.1) is 5.52 Å². The summed E-state index contributed by atoms with van der Waals surface area (Å²) >= 11 is 0. The van der Waals surface area contributed by atoms with Gasteiger partial charge >= 0.3 is 0 Å². The van der Waals surface area contributed by atoms with E-state index in [4.69, 9.17) is 16.2 Å². The minimum Gasteiger partial charge on any atom is -0.487 e. The molecule has 0 aliphatic carbocycles. The normalized spacial score (nSPS) is 10.8. The minimum absolute atomic E-state index is 0.0126. The smallest absolute Gasteiger partial charge is 0.254 e. The summed E-state index contributed by atoms with van der Waals surface area (Å²) in [5, 5.41) is 0.653. The van der Waals surface area contributed by atoms with Crippen LogP contribution in [0.4, 0.5) is 10.1 Å². The highest BCUT2D eigenvalue weighted by molar-refractivity contribution is 6.01. The number of aryl methyl sites for hydroxylation is 1. The number of fused-ring (bicyclic) bond motifs is 1. The number of anilines is 1. The molecule has 0 spiro atoms. The molecule has 6 heteroatoms. The number of benzene rings is 2. The van der Waals surface area contributed by atoms with Gasteiger partial charge < -0.3 is 16.2 Å². The van der Waals surface area contributed by atoms with Crippen LogP contribution in [0, 0.1) is 12.7 Å². The Morgan fingerprint density at radius 2 is 2.04 bits per heavy atom. The number of amides is 1. The summed E-state index contributed by atoms with van der Waals surface area (Å²) in [7, 11) is 0. The van der Waals surface area contributed by atoms with Gasteiger partial charge in [0.1, 0.15) is 23.7 Å². The maximum Gasteiger partial charge on any atom is 0.254 e. The molecule has 1 amide bonds. The average Bonchev–Trinajstić information content (AvgIpc) is 2.56. The topological polar surface area (TPSA) is 91.2 Å². The minimum atomic E-state index is -0.647. The summed E-state index contributed by atoms with van der Waals surface area (Å²) in [6.07, 6.45) is 1.38. The van der Waals surface area contributed by atoms with Crippen molar-refractivity contribution < 1.29 is 13.9 Å². The Morgan fingerprint density at radius 3 is 2.79 bits per heavy atom. The number of primary amides is 1. The molecule has 0 aliphatic rings. The predicted molar refractivity (Wildman–Crippen MR) is 90.1 cm³/mol. The van der Waals surface area contributed by atoms with Crippen molar-refractivity contribution in [2.45, 2.75) is 13.5 Å². The van der Waals surface area contributed by atoms with Gasteiger partial charge in [-0.15, -0.1) is 0 Å². The highest BCUT2D eigenvalue weighted by Gasteiger charge is 2.15. The van der Waals surface area contributed by atoms with Crippen LogP contribution in [0.25, 0.3) is 10.9 Å². The van der Waals surface area contributed by atoms with E-state index < -0.39 is 11.7 Å². The molecule has 1 heterocycles. The SMILES string of the molecule is Cc1cc(F)cc(COc2c(C(N)=O)cnc3ccccc23)c1N. The lowest BCUT2D eigenvalue weighted by Gasteiger charge is -2.14. The van der Waals surface area contributed by atoms with E-state index in [1.165, 1.54) is 18.3 Å². The molecule has 0 unspecified atom stereocenters. The Morgan fingerprint density at radius 1 is 1.29 bits per heavy atom. The molecule has 0 radical (unpaired) electrons. The highest BCUT2D eigenvalue weighted by atomic mass is 19.1. The van der Waals surface area contributed by atoms with Gasteiger partial charge in [-0.1, -0.05) is 12.1 Å².